The zero-order valence-electron chi connectivity index (χ0n) is 23.3. The standard InChI is InChI=1S/C35H27NO6S/c1-21-7-3-6-10-31(21)36-25-13-16-30-33(20-25)42-32-19-23(18-24-12-14-26(17-22(24)2)43(39,40)41)11-15-29(32)34(30)27-8-4-5-9-28(27)35(37)38/h3-20,36H,1-2H3,(H,37,38)(H,39,40,41)/b23-18+. The molecule has 0 aromatic heterocycles. The van der Waals surface area contributed by atoms with Crippen molar-refractivity contribution in [2.75, 3.05) is 5.32 Å². The highest BCUT2D eigenvalue weighted by molar-refractivity contribution is 7.85. The van der Waals surface area contributed by atoms with E-state index in [2.05, 4.69) is 5.32 Å². The van der Waals surface area contributed by atoms with Gasteiger partial charge < -0.3 is 15.2 Å². The second kappa shape index (κ2) is 10.9. The lowest BCUT2D eigenvalue weighted by atomic mass is 9.89. The summed E-state index contributed by atoms with van der Waals surface area (Å²) in [6.45, 7) is 3.79. The van der Waals surface area contributed by atoms with Crippen LogP contribution in [0.15, 0.2) is 108 Å². The van der Waals surface area contributed by atoms with Crippen molar-refractivity contribution in [3.05, 3.63) is 147 Å². The van der Waals surface area contributed by atoms with Crippen molar-refractivity contribution in [1.82, 2.24) is 0 Å². The Hall–Kier alpha value is -5.18. The first-order valence-electron chi connectivity index (χ1n) is 13.5. The number of aryl methyl sites for hydroxylation is 2. The maximum Gasteiger partial charge on any atom is 0.336 e. The normalized spacial score (nSPS) is 12.7. The van der Waals surface area contributed by atoms with Crippen molar-refractivity contribution in [2.24, 2.45) is 0 Å². The molecule has 0 saturated carbocycles. The van der Waals surface area contributed by atoms with Crippen molar-refractivity contribution in [3.63, 3.8) is 0 Å². The van der Waals surface area contributed by atoms with E-state index in [1.807, 2.05) is 79.7 Å². The molecule has 0 aliphatic carbocycles. The van der Waals surface area contributed by atoms with E-state index in [1.165, 1.54) is 12.1 Å². The summed E-state index contributed by atoms with van der Waals surface area (Å²) < 4.78 is 39.0. The largest absolute Gasteiger partial charge is 0.478 e. The lowest BCUT2D eigenvalue weighted by Crippen LogP contribution is -2.21. The number of benzene rings is 5. The molecule has 0 saturated heterocycles. The SMILES string of the molecule is Cc1cc(S(=O)(=O)O)ccc1/C=c1\ccc2c(c1)Oc1cc(Nc3ccccc3C)ccc1C=2c1ccccc1C(=O)O. The summed E-state index contributed by atoms with van der Waals surface area (Å²) >= 11 is 0. The van der Waals surface area contributed by atoms with Gasteiger partial charge in [0.2, 0.25) is 0 Å². The lowest BCUT2D eigenvalue weighted by molar-refractivity contribution is 0.0696. The van der Waals surface area contributed by atoms with Gasteiger partial charge in [-0.25, -0.2) is 4.79 Å². The van der Waals surface area contributed by atoms with Gasteiger partial charge in [-0.3, -0.25) is 4.55 Å². The van der Waals surface area contributed by atoms with E-state index in [0.717, 1.165) is 44.1 Å². The molecule has 0 fully saturated rings. The summed E-state index contributed by atoms with van der Waals surface area (Å²) in [7, 11) is -4.31. The van der Waals surface area contributed by atoms with Gasteiger partial charge in [0.15, 0.2) is 0 Å². The molecular weight excluding hydrogens is 562 g/mol. The van der Waals surface area contributed by atoms with Crippen LogP contribution in [-0.4, -0.2) is 24.0 Å². The van der Waals surface area contributed by atoms with Crippen LogP contribution in [-0.2, 0) is 10.1 Å². The number of anilines is 2. The second-order valence-electron chi connectivity index (χ2n) is 10.4. The summed E-state index contributed by atoms with van der Waals surface area (Å²) in [5.74, 6) is 0.105. The number of hydrogen-bond acceptors (Lipinski definition) is 5. The van der Waals surface area contributed by atoms with E-state index in [0.29, 0.717) is 22.6 Å². The Balaban J connectivity index is 1.53. The predicted octanol–water partition coefficient (Wildman–Crippen LogP) is 6.17. The predicted molar refractivity (Wildman–Crippen MR) is 166 cm³/mol. The van der Waals surface area contributed by atoms with Crippen LogP contribution in [0.4, 0.5) is 11.4 Å². The molecule has 1 heterocycles. The van der Waals surface area contributed by atoms with E-state index in [9.17, 15) is 22.9 Å². The number of carboxylic acid groups (broad SMARTS) is 1. The van der Waals surface area contributed by atoms with Gasteiger partial charge >= 0.3 is 5.97 Å². The van der Waals surface area contributed by atoms with Gasteiger partial charge in [0.25, 0.3) is 10.1 Å². The molecule has 0 radical (unpaired) electrons. The molecule has 0 unspecified atom stereocenters. The topological polar surface area (TPSA) is 113 Å². The van der Waals surface area contributed by atoms with Crippen LogP contribution in [0.5, 0.6) is 11.5 Å². The highest BCUT2D eigenvalue weighted by Gasteiger charge is 2.24. The number of hydrogen-bond donors (Lipinski definition) is 3. The molecule has 5 aromatic rings. The molecule has 214 valence electrons. The average molecular weight is 590 g/mol. The van der Waals surface area contributed by atoms with E-state index >= 15 is 0 Å². The monoisotopic (exact) mass is 589 g/mol. The molecule has 7 nitrogen and oxygen atoms in total. The molecular formula is C35H27NO6S. The Bertz CT molecular complexity index is 2170. The molecule has 1 aliphatic rings. The molecule has 0 bridgehead atoms. The van der Waals surface area contributed by atoms with E-state index < -0.39 is 16.1 Å². The summed E-state index contributed by atoms with van der Waals surface area (Å²) in [6.07, 6.45) is 1.89. The maximum atomic E-state index is 12.2. The van der Waals surface area contributed by atoms with Gasteiger partial charge in [-0.2, -0.15) is 8.42 Å². The number of carbonyl (C=O) groups is 1. The van der Waals surface area contributed by atoms with Crippen molar-refractivity contribution >= 4 is 39.1 Å². The Morgan fingerprint density at radius 1 is 0.791 bits per heavy atom. The highest BCUT2D eigenvalue weighted by atomic mass is 32.2. The minimum absolute atomic E-state index is 0.168. The molecule has 43 heavy (non-hydrogen) atoms. The van der Waals surface area contributed by atoms with Gasteiger partial charge in [0.05, 0.1) is 10.5 Å². The summed E-state index contributed by atoms with van der Waals surface area (Å²) in [4.78, 5) is 12.1. The quantitative estimate of drug-likeness (QED) is 0.199. The van der Waals surface area contributed by atoms with E-state index in [-0.39, 0.29) is 10.5 Å². The summed E-state index contributed by atoms with van der Waals surface area (Å²) in [5.41, 5.74) is 6.60. The van der Waals surface area contributed by atoms with E-state index in [4.69, 9.17) is 4.74 Å². The van der Waals surface area contributed by atoms with Crippen molar-refractivity contribution in [3.8, 4) is 11.5 Å². The van der Waals surface area contributed by atoms with Gasteiger partial charge in [0, 0.05) is 33.8 Å². The Labute approximate surface area is 248 Å². The number of para-hydroxylation sites is 1. The molecule has 0 spiro atoms. The van der Waals surface area contributed by atoms with Crippen molar-refractivity contribution < 1.29 is 27.6 Å². The zero-order chi connectivity index (χ0) is 30.3. The average Bonchev–Trinajstić information content (AvgIpc) is 2.97. The van der Waals surface area contributed by atoms with Crippen LogP contribution in [0.1, 0.15) is 38.2 Å². The molecule has 3 N–H and O–H groups in total. The second-order valence-corrected chi connectivity index (χ2v) is 11.8. The smallest absolute Gasteiger partial charge is 0.336 e. The number of aromatic carboxylic acids is 1. The lowest BCUT2D eigenvalue weighted by Gasteiger charge is -2.23. The number of carboxylic acids is 1. The van der Waals surface area contributed by atoms with Gasteiger partial charge in [0.1, 0.15) is 11.5 Å². The Morgan fingerprint density at radius 3 is 2.30 bits per heavy atom. The third-order valence-electron chi connectivity index (χ3n) is 7.46. The van der Waals surface area contributed by atoms with Crippen LogP contribution in [0.2, 0.25) is 0 Å². The molecule has 6 rings (SSSR count). The molecule has 0 atom stereocenters. The first kappa shape index (κ1) is 28.0. The van der Waals surface area contributed by atoms with Crippen LogP contribution in [0.3, 0.4) is 0 Å². The molecule has 8 heteroatoms. The molecule has 1 aliphatic heterocycles. The number of rotatable bonds is 6. The number of ether oxygens (including phenoxy) is 1. The number of nitrogens with one attached hydrogen (secondary N) is 1. The Kier molecular flexibility index (Phi) is 7.09. The summed E-state index contributed by atoms with van der Waals surface area (Å²) in [5, 5.41) is 15.0. The van der Waals surface area contributed by atoms with Gasteiger partial charge in [-0.1, -0.05) is 48.5 Å². The highest BCUT2D eigenvalue weighted by Crippen LogP contribution is 2.39. The van der Waals surface area contributed by atoms with Gasteiger partial charge in [-0.05, 0) is 95.9 Å². The van der Waals surface area contributed by atoms with Crippen LogP contribution in [0.25, 0.3) is 11.6 Å². The van der Waals surface area contributed by atoms with Crippen molar-refractivity contribution in [2.45, 2.75) is 18.7 Å². The first-order valence-corrected chi connectivity index (χ1v) is 14.9. The third kappa shape index (κ3) is 5.53. The molecule has 5 aromatic carbocycles. The zero-order valence-corrected chi connectivity index (χ0v) is 24.1. The van der Waals surface area contributed by atoms with Gasteiger partial charge in [-0.15, -0.1) is 0 Å². The minimum atomic E-state index is -4.31. The summed E-state index contributed by atoms with van der Waals surface area (Å²) in [6, 6.07) is 30.8. The Morgan fingerprint density at radius 2 is 1.56 bits per heavy atom. The third-order valence-corrected chi connectivity index (χ3v) is 8.31. The van der Waals surface area contributed by atoms with Crippen LogP contribution >= 0.6 is 0 Å². The van der Waals surface area contributed by atoms with Crippen LogP contribution < -0.4 is 20.5 Å². The first-order chi connectivity index (χ1) is 20.6. The fourth-order valence-corrected chi connectivity index (χ4v) is 5.84. The maximum absolute atomic E-state index is 12.2. The minimum Gasteiger partial charge on any atom is -0.478 e. The fourth-order valence-electron chi connectivity index (χ4n) is 5.27. The van der Waals surface area contributed by atoms with Crippen molar-refractivity contribution in [1.29, 1.82) is 0 Å². The molecule has 0 amide bonds. The van der Waals surface area contributed by atoms with E-state index in [1.54, 1.807) is 31.2 Å². The number of fused-ring (bicyclic) bond motifs is 2. The fraction of sp³-hybridized carbons (Fsp3) is 0.0571. The van der Waals surface area contributed by atoms with Crippen LogP contribution in [0, 0.1) is 13.8 Å².